The fraction of sp³-hybridized carbons (Fsp3) is 0.273. The van der Waals surface area contributed by atoms with Gasteiger partial charge in [0.05, 0.1) is 26.0 Å². The van der Waals surface area contributed by atoms with Crippen LogP contribution in [-0.2, 0) is 18.4 Å². The van der Waals surface area contributed by atoms with Crippen LogP contribution in [0.25, 0.3) is 0 Å². The molecule has 1 aromatic heterocycles. The lowest BCUT2D eigenvalue weighted by atomic mass is 10.2. The van der Waals surface area contributed by atoms with Gasteiger partial charge in [0.25, 0.3) is 5.91 Å². The first-order valence-corrected chi connectivity index (χ1v) is 10.7. The lowest BCUT2D eigenvalue weighted by Gasteiger charge is -2.12. The highest BCUT2D eigenvalue weighted by Gasteiger charge is 2.19. The first kappa shape index (κ1) is 23.1. The maximum atomic E-state index is 12.5. The van der Waals surface area contributed by atoms with Gasteiger partial charge in [0.2, 0.25) is 5.91 Å². The predicted molar refractivity (Wildman–Crippen MR) is 122 cm³/mol. The van der Waals surface area contributed by atoms with Crippen molar-refractivity contribution in [3.05, 3.63) is 59.9 Å². The van der Waals surface area contributed by atoms with Crippen molar-refractivity contribution in [2.75, 3.05) is 19.5 Å². The van der Waals surface area contributed by atoms with Gasteiger partial charge in [-0.3, -0.25) is 9.59 Å². The molecule has 0 aliphatic rings. The van der Waals surface area contributed by atoms with Gasteiger partial charge < -0.3 is 24.7 Å². The fourth-order valence-corrected chi connectivity index (χ4v) is 3.59. The summed E-state index contributed by atoms with van der Waals surface area (Å²) < 4.78 is 12.0. The Bertz CT molecular complexity index is 1080. The summed E-state index contributed by atoms with van der Waals surface area (Å²) in [6, 6.07) is 14.0. The Labute approximate surface area is 190 Å². The Kier molecular flexibility index (Phi) is 7.72. The van der Waals surface area contributed by atoms with E-state index in [9.17, 15) is 9.59 Å². The average Bonchev–Trinajstić information content (AvgIpc) is 3.16. The van der Waals surface area contributed by atoms with Crippen LogP contribution < -0.4 is 20.1 Å². The molecule has 2 N–H and O–H groups in total. The number of hydrogen-bond acceptors (Lipinski definition) is 7. The number of nitrogens with zero attached hydrogens (tertiary/aromatic N) is 3. The summed E-state index contributed by atoms with van der Waals surface area (Å²) >= 11 is 1.28. The van der Waals surface area contributed by atoms with E-state index in [1.165, 1.54) is 11.8 Å². The van der Waals surface area contributed by atoms with Crippen LogP contribution in [-0.4, -0.2) is 46.0 Å². The van der Waals surface area contributed by atoms with Gasteiger partial charge in [-0.15, -0.1) is 10.2 Å². The Morgan fingerprint density at radius 3 is 2.47 bits per heavy atom. The van der Waals surface area contributed by atoms with Gasteiger partial charge >= 0.3 is 0 Å². The van der Waals surface area contributed by atoms with E-state index in [1.54, 1.807) is 81.3 Å². The lowest BCUT2D eigenvalue weighted by Crippen LogP contribution is -2.25. The molecule has 0 fully saturated rings. The van der Waals surface area contributed by atoms with Crippen molar-refractivity contribution < 1.29 is 19.1 Å². The fourth-order valence-electron chi connectivity index (χ4n) is 2.76. The van der Waals surface area contributed by atoms with Gasteiger partial charge in [0, 0.05) is 18.3 Å². The van der Waals surface area contributed by atoms with Gasteiger partial charge in [-0.1, -0.05) is 17.8 Å². The molecule has 1 atom stereocenters. The first-order chi connectivity index (χ1) is 15.4. The van der Waals surface area contributed by atoms with Crippen LogP contribution in [0.3, 0.4) is 0 Å². The quantitative estimate of drug-likeness (QED) is 0.478. The maximum absolute atomic E-state index is 12.5. The van der Waals surface area contributed by atoms with E-state index in [1.807, 2.05) is 0 Å². The van der Waals surface area contributed by atoms with Crippen molar-refractivity contribution in [3.63, 3.8) is 0 Å². The molecule has 168 valence electrons. The highest BCUT2D eigenvalue weighted by molar-refractivity contribution is 8.00. The number of amides is 2. The summed E-state index contributed by atoms with van der Waals surface area (Å²) in [6.45, 7) is 2.00. The molecule has 0 unspecified atom stereocenters. The summed E-state index contributed by atoms with van der Waals surface area (Å²) in [7, 11) is 4.93. The van der Waals surface area contributed by atoms with Crippen LogP contribution in [0.4, 0.5) is 5.69 Å². The lowest BCUT2D eigenvalue weighted by molar-refractivity contribution is -0.115. The third-order valence-corrected chi connectivity index (χ3v) is 5.81. The second-order valence-corrected chi connectivity index (χ2v) is 8.16. The standard InChI is InChI=1S/C22H25N5O4S/c1-14(20(28)24-16-8-10-17(30-3)11-9-16)32-22-26-25-19(27(22)2)13-23-21(29)15-6-5-7-18(12-15)31-4/h5-12,14H,13H2,1-4H3,(H,23,29)(H,24,28)/t14-/m1/s1. The molecule has 0 radical (unpaired) electrons. The zero-order valence-electron chi connectivity index (χ0n) is 18.3. The van der Waals surface area contributed by atoms with Gasteiger partial charge in [0.15, 0.2) is 11.0 Å². The molecule has 10 heteroatoms. The first-order valence-electron chi connectivity index (χ1n) is 9.83. The number of rotatable bonds is 9. The van der Waals surface area contributed by atoms with Crippen molar-refractivity contribution in [1.82, 2.24) is 20.1 Å². The predicted octanol–water partition coefficient (Wildman–Crippen LogP) is 2.88. The van der Waals surface area contributed by atoms with Crippen molar-refractivity contribution >= 4 is 29.3 Å². The zero-order valence-corrected chi connectivity index (χ0v) is 19.1. The zero-order chi connectivity index (χ0) is 23.1. The second-order valence-electron chi connectivity index (χ2n) is 6.85. The maximum Gasteiger partial charge on any atom is 0.251 e. The topological polar surface area (TPSA) is 107 Å². The van der Waals surface area contributed by atoms with E-state index in [0.717, 1.165) is 5.75 Å². The Hall–Kier alpha value is -3.53. The number of aromatic nitrogens is 3. The largest absolute Gasteiger partial charge is 0.497 e. The molecule has 2 aromatic carbocycles. The molecule has 0 saturated carbocycles. The number of nitrogens with one attached hydrogen (secondary N) is 2. The minimum absolute atomic E-state index is 0.156. The van der Waals surface area contributed by atoms with Crippen molar-refractivity contribution in [3.8, 4) is 11.5 Å². The molecule has 3 rings (SSSR count). The summed E-state index contributed by atoms with van der Waals surface area (Å²) in [5.74, 6) is 1.50. The number of carbonyl (C=O) groups excluding carboxylic acids is 2. The molecular formula is C22H25N5O4S. The molecule has 0 saturated heterocycles. The van der Waals surface area contributed by atoms with Crippen LogP contribution in [0.15, 0.2) is 53.7 Å². The van der Waals surface area contributed by atoms with Gasteiger partial charge in [0.1, 0.15) is 11.5 Å². The second kappa shape index (κ2) is 10.7. The Morgan fingerprint density at radius 2 is 1.78 bits per heavy atom. The van der Waals surface area contributed by atoms with Gasteiger partial charge in [-0.25, -0.2) is 0 Å². The van der Waals surface area contributed by atoms with Crippen molar-refractivity contribution in [2.24, 2.45) is 7.05 Å². The summed E-state index contributed by atoms with van der Waals surface area (Å²) in [5, 5.41) is 14.2. The third-order valence-electron chi connectivity index (χ3n) is 4.67. The number of ether oxygens (including phenoxy) is 2. The molecule has 0 aliphatic heterocycles. The SMILES string of the molecule is COc1ccc(NC(=O)[C@@H](C)Sc2nnc(CNC(=O)c3cccc(OC)c3)n2C)cc1. The number of thioether (sulfide) groups is 1. The normalized spacial score (nSPS) is 11.5. The number of benzene rings is 2. The minimum Gasteiger partial charge on any atom is -0.497 e. The molecule has 0 aliphatic carbocycles. The van der Waals surface area contributed by atoms with Gasteiger partial charge in [-0.2, -0.15) is 0 Å². The van der Waals surface area contributed by atoms with E-state index < -0.39 is 5.25 Å². The molecule has 0 spiro atoms. The number of carbonyl (C=O) groups is 2. The number of methoxy groups -OCH3 is 2. The summed E-state index contributed by atoms with van der Waals surface area (Å²) in [6.07, 6.45) is 0. The summed E-state index contributed by atoms with van der Waals surface area (Å²) in [4.78, 5) is 24.9. The van der Waals surface area contributed by atoms with E-state index >= 15 is 0 Å². The molecule has 3 aromatic rings. The Balaban J connectivity index is 1.56. The molecule has 32 heavy (non-hydrogen) atoms. The molecule has 0 bridgehead atoms. The monoisotopic (exact) mass is 455 g/mol. The van der Waals surface area contributed by atoms with Gasteiger partial charge in [-0.05, 0) is 49.4 Å². The molecule has 2 amide bonds. The van der Waals surface area contributed by atoms with Crippen LogP contribution in [0.2, 0.25) is 0 Å². The highest BCUT2D eigenvalue weighted by Crippen LogP contribution is 2.23. The number of anilines is 1. The van der Waals surface area contributed by atoms with Crippen LogP contribution in [0, 0.1) is 0 Å². The molecule has 9 nitrogen and oxygen atoms in total. The van der Waals surface area contributed by atoms with E-state index in [-0.39, 0.29) is 18.4 Å². The Morgan fingerprint density at radius 1 is 1.06 bits per heavy atom. The van der Waals surface area contributed by atoms with E-state index in [4.69, 9.17) is 9.47 Å². The molecule has 1 heterocycles. The minimum atomic E-state index is -0.403. The average molecular weight is 456 g/mol. The highest BCUT2D eigenvalue weighted by atomic mass is 32.2. The van der Waals surface area contributed by atoms with Crippen molar-refractivity contribution in [1.29, 1.82) is 0 Å². The van der Waals surface area contributed by atoms with Crippen LogP contribution in [0.5, 0.6) is 11.5 Å². The molecular weight excluding hydrogens is 430 g/mol. The summed E-state index contributed by atoms with van der Waals surface area (Å²) in [5.41, 5.74) is 1.17. The van der Waals surface area contributed by atoms with E-state index in [0.29, 0.717) is 28.0 Å². The van der Waals surface area contributed by atoms with Crippen LogP contribution >= 0.6 is 11.8 Å². The van der Waals surface area contributed by atoms with Crippen molar-refractivity contribution in [2.45, 2.75) is 23.9 Å². The van der Waals surface area contributed by atoms with Crippen LogP contribution in [0.1, 0.15) is 23.1 Å². The third kappa shape index (κ3) is 5.79. The smallest absolute Gasteiger partial charge is 0.251 e. The van der Waals surface area contributed by atoms with E-state index in [2.05, 4.69) is 20.8 Å². The number of hydrogen-bond donors (Lipinski definition) is 2.